The number of nitrogens with one attached hydrogen (secondary N) is 2. The lowest BCUT2D eigenvalue weighted by Gasteiger charge is -2.41. The molecule has 1 fully saturated rings. The van der Waals surface area contributed by atoms with Gasteiger partial charge in [-0.05, 0) is 37.6 Å². The first-order valence-corrected chi connectivity index (χ1v) is 10.9. The maximum atomic E-state index is 13.3. The van der Waals surface area contributed by atoms with Gasteiger partial charge in [0.1, 0.15) is 5.75 Å². The number of imide groups is 1. The molecular formula is C23H27ClN4O5. The van der Waals surface area contributed by atoms with Gasteiger partial charge in [-0.2, -0.15) is 0 Å². The van der Waals surface area contributed by atoms with Crippen molar-refractivity contribution in [2.75, 3.05) is 25.6 Å². The number of urea groups is 2. The smallest absolute Gasteiger partial charge is 0.331 e. The van der Waals surface area contributed by atoms with Crippen LogP contribution in [0.15, 0.2) is 42.5 Å². The molecule has 0 aromatic heterocycles. The van der Waals surface area contributed by atoms with Crippen LogP contribution in [0.5, 0.6) is 5.75 Å². The third kappa shape index (κ3) is 6.07. The van der Waals surface area contributed by atoms with E-state index >= 15 is 0 Å². The van der Waals surface area contributed by atoms with Crippen LogP contribution in [-0.2, 0) is 16.1 Å². The molecule has 1 unspecified atom stereocenters. The van der Waals surface area contributed by atoms with Crippen molar-refractivity contribution in [3.63, 3.8) is 0 Å². The lowest BCUT2D eigenvalue weighted by Crippen LogP contribution is -2.67. The molecule has 1 atom stereocenters. The van der Waals surface area contributed by atoms with Crippen molar-refractivity contribution >= 4 is 35.3 Å². The summed E-state index contributed by atoms with van der Waals surface area (Å²) in [4.78, 5) is 40.0. The molecule has 33 heavy (non-hydrogen) atoms. The summed E-state index contributed by atoms with van der Waals surface area (Å²) in [5, 5.41) is 6.33. The third-order valence-electron chi connectivity index (χ3n) is 5.07. The second-order valence-electron chi connectivity index (χ2n) is 7.45. The van der Waals surface area contributed by atoms with Crippen molar-refractivity contribution < 1.29 is 23.9 Å². The van der Waals surface area contributed by atoms with E-state index in [0.717, 1.165) is 16.0 Å². The molecule has 0 radical (unpaired) electrons. The zero-order valence-electron chi connectivity index (χ0n) is 18.8. The fourth-order valence-electron chi connectivity index (χ4n) is 3.31. The molecule has 2 aromatic rings. The molecule has 1 aliphatic heterocycles. The summed E-state index contributed by atoms with van der Waals surface area (Å²) in [6.45, 7) is 4.45. The monoisotopic (exact) mass is 474 g/mol. The Bertz CT molecular complexity index is 1010. The molecule has 0 spiro atoms. The van der Waals surface area contributed by atoms with Gasteiger partial charge in [0.15, 0.2) is 6.29 Å². The highest BCUT2D eigenvalue weighted by atomic mass is 35.5. The molecule has 176 valence electrons. The molecule has 0 bridgehead atoms. The number of hydrogen-bond acceptors (Lipinski definition) is 6. The van der Waals surface area contributed by atoms with Crippen molar-refractivity contribution in [3.05, 3.63) is 58.6 Å². The number of ether oxygens (including phenoxy) is 2. The van der Waals surface area contributed by atoms with Crippen LogP contribution in [0.3, 0.4) is 0 Å². The molecule has 0 aliphatic carbocycles. The molecule has 2 aromatic carbocycles. The number of carbonyl (C=O) groups is 3. The first-order chi connectivity index (χ1) is 15.8. The number of esters is 1. The summed E-state index contributed by atoms with van der Waals surface area (Å²) >= 11 is 6.29. The number of halogens is 1. The Morgan fingerprint density at radius 2 is 1.91 bits per heavy atom. The first-order valence-electron chi connectivity index (χ1n) is 10.5. The molecule has 3 rings (SSSR count). The van der Waals surface area contributed by atoms with Crippen LogP contribution in [0.1, 0.15) is 24.5 Å². The normalized spacial score (nSPS) is 15.8. The summed E-state index contributed by atoms with van der Waals surface area (Å²) in [5.74, 6) is 0.0314. The predicted octanol–water partition coefficient (Wildman–Crippen LogP) is 3.95. The highest BCUT2D eigenvalue weighted by Crippen LogP contribution is 2.28. The number of anilines is 1. The number of carbonyl (C=O) groups excluding carboxylic acids is 3. The fraction of sp³-hybridized carbons (Fsp3) is 0.348. The number of hydrogen-bond donors (Lipinski definition) is 2. The van der Waals surface area contributed by atoms with Gasteiger partial charge in [-0.3, -0.25) is 15.0 Å². The third-order valence-corrected chi connectivity index (χ3v) is 5.36. The second-order valence-corrected chi connectivity index (χ2v) is 7.86. The predicted molar refractivity (Wildman–Crippen MR) is 124 cm³/mol. The minimum absolute atomic E-state index is 0.0939. The van der Waals surface area contributed by atoms with Gasteiger partial charge in [0.25, 0.3) is 0 Å². The van der Waals surface area contributed by atoms with E-state index in [4.69, 9.17) is 16.3 Å². The average Bonchev–Trinajstić information content (AvgIpc) is 2.79. The van der Waals surface area contributed by atoms with Crippen LogP contribution in [0.25, 0.3) is 0 Å². The lowest BCUT2D eigenvalue weighted by molar-refractivity contribution is -0.140. The Balaban J connectivity index is 1.84. The maximum absolute atomic E-state index is 13.3. The van der Waals surface area contributed by atoms with Crippen LogP contribution in [0.2, 0.25) is 5.02 Å². The largest absolute Gasteiger partial charge is 0.492 e. The van der Waals surface area contributed by atoms with Crippen molar-refractivity contribution in [3.8, 4) is 5.75 Å². The highest BCUT2D eigenvalue weighted by molar-refractivity contribution is 6.32. The number of methoxy groups -OCH3 is 1. The van der Waals surface area contributed by atoms with E-state index < -0.39 is 24.3 Å². The molecule has 9 nitrogen and oxygen atoms in total. The van der Waals surface area contributed by atoms with E-state index in [2.05, 4.69) is 15.4 Å². The molecule has 2 N–H and O–H groups in total. The number of aryl methyl sites for hydroxylation is 1. The van der Waals surface area contributed by atoms with Crippen molar-refractivity contribution in [1.82, 2.24) is 15.1 Å². The molecule has 4 amide bonds. The highest BCUT2D eigenvalue weighted by Gasteiger charge is 2.38. The van der Waals surface area contributed by atoms with E-state index in [9.17, 15) is 14.4 Å². The van der Waals surface area contributed by atoms with Crippen LogP contribution in [0, 0.1) is 6.92 Å². The van der Waals surface area contributed by atoms with E-state index in [0.29, 0.717) is 23.1 Å². The topological polar surface area (TPSA) is 100 Å². The summed E-state index contributed by atoms with van der Waals surface area (Å²) < 4.78 is 10.1. The Kier molecular flexibility index (Phi) is 8.00. The Hall–Kier alpha value is -3.46. The minimum atomic E-state index is -0.838. The summed E-state index contributed by atoms with van der Waals surface area (Å²) in [6.07, 6.45) is -0.935. The van der Waals surface area contributed by atoms with E-state index in [1.165, 1.54) is 12.0 Å². The molecular weight excluding hydrogens is 448 g/mol. The van der Waals surface area contributed by atoms with E-state index in [-0.39, 0.29) is 19.5 Å². The number of rotatable bonds is 9. The summed E-state index contributed by atoms with van der Waals surface area (Å²) in [6, 6.07) is 11.7. The van der Waals surface area contributed by atoms with Crippen LogP contribution in [0.4, 0.5) is 15.3 Å². The zero-order chi connectivity index (χ0) is 24.0. The maximum Gasteiger partial charge on any atom is 0.331 e. The molecule has 1 saturated heterocycles. The van der Waals surface area contributed by atoms with Crippen LogP contribution >= 0.6 is 11.6 Å². The van der Waals surface area contributed by atoms with Gasteiger partial charge in [-0.25, -0.2) is 14.5 Å². The number of benzene rings is 2. The minimum Gasteiger partial charge on any atom is -0.492 e. The quantitative estimate of drug-likeness (QED) is 0.534. The fourth-order valence-corrected chi connectivity index (χ4v) is 3.55. The van der Waals surface area contributed by atoms with Crippen molar-refractivity contribution in [2.24, 2.45) is 0 Å². The standard InChI is InChI=1S/C23H27ClN4O5/c1-4-33-19-10-9-17(13-18(19)24)25-21-26-22(30)27(12-11-20(29)32-3)23(31)28(21)14-16-7-5-15(2)6-8-16/h5-10,13,21,25H,4,11-12,14H2,1-3H3,(H,26,30). The number of amides is 4. The summed E-state index contributed by atoms with van der Waals surface area (Å²) in [5.41, 5.74) is 2.57. The molecule has 1 aliphatic rings. The van der Waals surface area contributed by atoms with E-state index in [1.807, 2.05) is 38.1 Å². The zero-order valence-corrected chi connectivity index (χ0v) is 19.5. The van der Waals surface area contributed by atoms with Crippen molar-refractivity contribution in [1.29, 1.82) is 0 Å². The van der Waals surface area contributed by atoms with Crippen LogP contribution in [-0.4, -0.2) is 54.4 Å². The van der Waals surface area contributed by atoms with E-state index in [1.54, 1.807) is 18.2 Å². The Morgan fingerprint density at radius 3 is 2.55 bits per heavy atom. The van der Waals surface area contributed by atoms with Crippen LogP contribution < -0.4 is 15.4 Å². The van der Waals surface area contributed by atoms with Gasteiger partial charge in [-0.1, -0.05) is 41.4 Å². The first kappa shape index (κ1) is 24.2. The van der Waals surface area contributed by atoms with Crippen molar-refractivity contribution in [2.45, 2.75) is 33.1 Å². The summed E-state index contributed by atoms with van der Waals surface area (Å²) in [7, 11) is 1.26. The van der Waals surface area contributed by atoms with Gasteiger partial charge < -0.3 is 14.8 Å². The average molecular weight is 475 g/mol. The van der Waals surface area contributed by atoms with Gasteiger partial charge in [0, 0.05) is 12.2 Å². The molecule has 1 heterocycles. The Morgan fingerprint density at radius 1 is 1.18 bits per heavy atom. The second kappa shape index (κ2) is 10.9. The molecule has 10 heteroatoms. The van der Waals surface area contributed by atoms with Gasteiger partial charge in [0.05, 0.1) is 31.7 Å². The molecule has 0 saturated carbocycles. The van der Waals surface area contributed by atoms with Gasteiger partial charge in [-0.15, -0.1) is 0 Å². The van der Waals surface area contributed by atoms with Gasteiger partial charge in [0.2, 0.25) is 0 Å². The Labute approximate surface area is 197 Å². The number of nitrogens with zero attached hydrogens (tertiary/aromatic N) is 2. The van der Waals surface area contributed by atoms with Gasteiger partial charge >= 0.3 is 18.0 Å². The SMILES string of the molecule is CCOc1ccc(NC2NC(=O)N(CCC(=O)OC)C(=O)N2Cc2ccc(C)cc2)cc1Cl. The lowest BCUT2D eigenvalue weighted by atomic mass is 10.1.